The average Bonchev–Trinajstić information content (AvgIpc) is 2.38. The van der Waals surface area contributed by atoms with Gasteiger partial charge in [-0.1, -0.05) is 6.58 Å². The standard InChI is InChI=1S/C13H12F2N2O3/c1-9(2)13(14,15)5-6-20-12-4-3-10(8-16)7-11(12)17(18)19/h3-4,7H,1,5-6H2,2H3. The van der Waals surface area contributed by atoms with Crippen LogP contribution < -0.4 is 4.74 Å². The molecule has 0 radical (unpaired) electrons. The van der Waals surface area contributed by atoms with Gasteiger partial charge in [0.1, 0.15) is 0 Å². The molecule has 5 nitrogen and oxygen atoms in total. The lowest BCUT2D eigenvalue weighted by atomic mass is 10.1. The Morgan fingerprint density at radius 2 is 2.25 bits per heavy atom. The molecule has 0 amide bonds. The SMILES string of the molecule is C=C(C)C(F)(F)CCOc1ccc(C#N)cc1[N+](=O)[O-]. The van der Waals surface area contributed by atoms with Crippen molar-refractivity contribution in [2.75, 3.05) is 6.61 Å². The van der Waals surface area contributed by atoms with E-state index >= 15 is 0 Å². The molecule has 106 valence electrons. The molecule has 1 aromatic carbocycles. The van der Waals surface area contributed by atoms with Crippen LogP contribution in [0.2, 0.25) is 0 Å². The number of halogens is 2. The molecule has 1 rings (SSSR count). The van der Waals surface area contributed by atoms with Crippen LogP contribution in [-0.2, 0) is 0 Å². The van der Waals surface area contributed by atoms with E-state index in [1.165, 1.54) is 19.1 Å². The molecule has 0 unspecified atom stereocenters. The van der Waals surface area contributed by atoms with E-state index < -0.39 is 29.6 Å². The summed E-state index contributed by atoms with van der Waals surface area (Å²) in [5.74, 6) is -3.23. The summed E-state index contributed by atoms with van der Waals surface area (Å²) in [6.45, 7) is 3.97. The maximum absolute atomic E-state index is 13.3. The van der Waals surface area contributed by atoms with Crippen molar-refractivity contribution in [3.63, 3.8) is 0 Å². The highest BCUT2D eigenvalue weighted by Crippen LogP contribution is 2.30. The van der Waals surface area contributed by atoms with Crippen LogP contribution in [0.3, 0.4) is 0 Å². The Morgan fingerprint density at radius 1 is 1.60 bits per heavy atom. The van der Waals surface area contributed by atoms with E-state index in [1.807, 2.05) is 0 Å². The van der Waals surface area contributed by atoms with Crippen LogP contribution in [0.25, 0.3) is 0 Å². The topological polar surface area (TPSA) is 76.2 Å². The fourth-order valence-electron chi connectivity index (χ4n) is 1.35. The molecule has 0 aromatic heterocycles. The number of nitrogens with zero attached hydrogens (tertiary/aromatic N) is 2. The highest BCUT2D eigenvalue weighted by molar-refractivity contribution is 5.51. The largest absolute Gasteiger partial charge is 0.487 e. The Bertz CT molecular complexity index is 579. The van der Waals surface area contributed by atoms with Crippen LogP contribution in [-0.4, -0.2) is 17.5 Å². The first-order chi connectivity index (χ1) is 9.27. The highest BCUT2D eigenvalue weighted by Gasteiger charge is 2.30. The number of nitro benzene ring substituents is 1. The Hall–Kier alpha value is -2.49. The normalized spacial score (nSPS) is 10.7. The Balaban J connectivity index is 2.81. The van der Waals surface area contributed by atoms with Crippen LogP contribution in [0.1, 0.15) is 18.9 Å². The van der Waals surface area contributed by atoms with E-state index in [1.54, 1.807) is 6.07 Å². The molecule has 0 aliphatic rings. The number of alkyl halides is 2. The average molecular weight is 282 g/mol. The molecule has 0 heterocycles. The molecule has 0 atom stereocenters. The lowest BCUT2D eigenvalue weighted by Crippen LogP contribution is -2.20. The molecule has 0 spiro atoms. The fraction of sp³-hybridized carbons (Fsp3) is 0.308. The number of nitriles is 1. The quantitative estimate of drug-likeness (QED) is 0.455. The van der Waals surface area contributed by atoms with Gasteiger partial charge in [0, 0.05) is 12.5 Å². The third-order valence-corrected chi connectivity index (χ3v) is 2.58. The number of nitro groups is 1. The van der Waals surface area contributed by atoms with E-state index in [0.717, 1.165) is 6.07 Å². The zero-order chi connectivity index (χ0) is 15.3. The first kappa shape index (κ1) is 15.6. The van der Waals surface area contributed by atoms with Crippen molar-refractivity contribution in [2.24, 2.45) is 0 Å². The van der Waals surface area contributed by atoms with Crippen molar-refractivity contribution in [3.8, 4) is 11.8 Å². The van der Waals surface area contributed by atoms with Crippen LogP contribution in [0.5, 0.6) is 5.75 Å². The number of ether oxygens (including phenoxy) is 1. The van der Waals surface area contributed by atoms with Gasteiger partial charge >= 0.3 is 5.69 Å². The fourth-order valence-corrected chi connectivity index (χ4v) is 1.35. The number of rotatable bonds is 6. The molecule has 0 saturated heterocycles. The summed E-state index contributed by atoms with van der Waals surface area (Å²) < 4.78 is 31.6. The number of allylic oxidation sites excluding steroid dienone is 1. The van der Waals surface area contributed by atoms with Gasteiger partial charge < -0.3 is 4.74 Å². The van der Waals surface area contributed by atoms with Gasteiger partial charge in [-0.3, -0.25) is 10.1 Å². The molecule has 0 bridgehead atoms. The van der Waals surface area contributed by atoms with Crippen LogP contribution >= 0.6 is 0 Å². The zero-order valence-corrected chi connectivity index (χ0v) is 10.7. The molecule has 0 aliphatic carbocycles. The molecule has 7 heteroatoms. The highest BCUT2D eigenvalue weighted by atomic mass is 19.3. The summed E-state index contributed by atoms with van der Waals surface area (Å²) in [4.78, 5) is 10.1. The van der Waals surface area contributed by atoms with E-state index in [-0.39, 0.29) is 16.9 Å². The minimum atomic E-state index is -3.08. The third kappa shape index (κ3) is 3.75. The van der Waals surface area contributed by atoms with E-state index in [2.05, 4.69) is 6.58 Å². The second kappa shape index (κ2) is 6.10. The van der Waals surface area contributed by atoms with E-state index in [4.69, 9.17) is 10.00 Å². The van der Waals surface area contributed by atoms with Crippen molar-refractivity contribution in [3.05, 3.63) is 46.0 Å². The molecule has 0 saturated carbocycles. The summed E-state index contributed by atoms with van der Waals surface area (Å²) in [5.41, 5.74) is -0.630. The zero-order valence-electron chi connectivity index (χ0n) is 10.7. The van der Waals surface area contributed by atoms with Gasteiger partial charge in [0.05, 0.1) is 23.2 Å². The van der Waals surface area contributed by atoms with Crippen molar-refractivity contribution in [1.82, 2.24) is 0 Å². The first-order valence-electron chi connectivity index (χ1n) is 5.63. The number of hydrogen-bond donors (Lipinski definition) is 0. The van der Waals surface area contributed by atoms with Crippen LogP contribution in [0.4, 0.5) is 14.5 Å². The second-order valence-corrected chi connectivity index (χ2v) is 4.13. The first-order valence-corrected chi connectivity index (χ1v) is 5.63. The number of benzene rings is 1. The van der Waals surface area contributed by atoms with Gasteiger partial charge in [0.25, 0.3) is 5.92 Å². The molecule has 0 N–H and O–H groups in total. The maximum atomic E-state index is 13.3. The minimum Gasteiger partial charge on any atom is -0.487 e. The molecule has 1 aromatic rings. The molecule has 20 heavy (non-hydrogen) atoms. The smallest absolute Gasteiger partial charge is 0.312 e. The van der Waals surface area contributed by atoms with Crippen molar-refractivity contribution < 1.29 is 18.4 Å². The van der Waals surface area contributed by atoms with E-state index in [0.29, 0.717) is 0 Å². The van der Waals surface area contributed by atoms with Crippen molar-refractivity contribution in [2.45, 2.75) is 19.3 Å². The third-order valence-electron chi connectivity index (χ3n) is 2.58. The van der Waals surface area contributed by atoms with Crippen molar-refractivity contribution in [1.29, 1.82) is 5.26 Å². The van der Waals surface area contributed by atoms with Gasteiger partial charge in [0.15, 0.2) is 5.75 Å². The lowest BCUT2D eigenvalue weighted by molar-refractivity contribution is -0.385. The van der Waals surface area contributed by atoms with Gasteiger partial charge in [-0.15, -0.1) is 0 Å². The maximum Gasteiger partial charge on any atom is 0.312 e. The summed E-state index contributed by atoms with van der Waals surface area (Å²) in [7, 11) is 0. The predicted octanol–water partition coefficient (Wildman–Crippen LogP) is 3.45. The summed E-state index contributed by atoms with van der Waals surface area (Å²) >= 11 is 0. The lowest BCUT2D eigenvalue weighted by Gasteiger charge is -2.16. The Kier molecular flexibility index (Phi) is 4.75. The summed E-state index contributed by atoms with van der Waals surface area (Å²) in [6.07, 6.45) is -0.626. The monoisotopic (exact) mass is 282 g/mol. The van der Waals surface area contributed by atoms with Crippen molar-refractivity contribution >= 4 is 5.69 Å². The van der Waals surface area contributed by atoms with Gasteiger partial charge in [-0.2, -0.15) is 5.26 Å². The Morgan fingerprint density at radius 3 is 2.75 bits per heavy atom. The molecular formula is C13H12F2N2O3. The van der Waals surface area contributed by atoms with Gasteiger partial charge in [-0.25, -0.2) is 8.78 Å². The van der Waals surface area contributed by atoms with Crippen LogP contribution in [0, 0.1) is 21.4 Å². The second-order valence-electron chi connectivity index (χ2n) is 4.13. The molecule has 0 aliphatic heterocycles. The number of hydrogen-bond acceptors (Lipinski definition) is 4. The molecular weight excluding hydrogens is 270 g/mol. The summed E-state index contributed by atoms with van der Waals surface area (Å²) in [6, 6.07) is 5.32. The van der Waals surface area contributed by atoms with Gasteiger partial charge in [-0.05, 0) is 24.6 Å². The minimum absolute atomic E-state index is 0.0938. The Labute approximate surface area is 114 Å². The van der Waals surface area contributed by atoms with E-state index in [9.17, 15) is 18.9 Å². The summed E-state index contributed by atoms with van der Waals surface area (Å²) in [5, 5.41) is 19.5. The van der Waals surface area contributed by atoms with Crippen LogP contribution in [0.15, 0.2) is 30.4 Å². The molecule has 0 fully saturated rings. The van der Waals surface area contributed by atoms with Gasteiger partial charge in [0.2, 0.25) is 0 Å². The predicted molar refractivity (Wildman–Crippen MR) is 67.7 cm³/mol.